The number of hydrogen-bond acceptors (Lipinski definition) is 2. The molecule has 1 unspecified atom stereocenters. The number of hydrogen-bond donors (Lipinski definition) is 2. The molecule has 0 spiro atoms. The molecule has 0 heterocycles. The van der Waals surface area contributed by atoms with Gasteiger partial charge in [-0.15, -0.1) is 0 Å². The zero-order valence-electron chi connectivity index (χ0n) is 9.09. The molecule has 0 saturated heterocycles. The molecule has 0 aromatic carbocycles. The van der Waals surface area contributed by atoms with Gasteiger partial charge in [-0.2, -0.15) is 0 Å². The molecular weight excluding hydrogens is 176 g/mol. The molecule has 1 rings (SSSR count). The van der Waals surface area contributed by atoms with Crippen molar-refractivity contribution in [2.75, 3.05) is 13.1 Å². The Morgan fingerprint density at radius 1 is 1.57 bits per heavy atom. The number of rotatable bonds is 6. The van der Waals surface area contributed by atoms with Gasteiger partial charge in [-0.1, -0.05) is 13.3 Å². The van der Waals surface area contributed by atoms with Gasteiger partial charge in [0.2, 0.25) is 5.91 Å². The topological polar surface area (TPSA) is 55.1 Å². The Bertz CT molecular complexity index is 178. The number of amides is 1. The molecule has 3 nitrogen and oxygen atoms in total. The quantitative estimate of drug-likeness (QED) is 0.675. The SMILES string of the molecule is CC(CCCN)C(=O)NCC1CCC1. The molecule has 3 N–H and O–H groups in total. The van der Waals surface area contributed by atoms with E-state index in [2.05, 4.69) is 5.32 Å². The lowest BCUT2D eigenvalue weighted by molar-refractivity contribution is -0.125. The lowest BCUT2D eigenvalue weighted by atomic mass is 9.85. The first-order chi connectivity index (χ1) is 6.74. The molecule has 14 heavy (non-hydrogen) atoms. The molecule has 1 atom stereocenters. The molecule has 1 aliphatic carbocycles. The molecule has 0 aliphatic heterocycles. The number of carbonyl (C=O) groups is 1. The summed E-state index contributed by atoms with van der Waals surface area (Å²) in [4.78, 5) is 11.5. The summed E-state index contributed by atoms with van der Waals surface area (Å²) in [6.07, 6.45) is 5.77. The summed E-state index contributed by atoms with van der Waals surface area (Å²) in [5, 5.41) is 3.01. The summed E-state index contributed by atoms with van der Waals surface area (Å²) in [5.41, 5.74) is 5.40. The average molecular weight is 198 g/mol. The van der Waals surface area contributed by atoms with Crippen LogP contribution in [0.4, 0.5) is 0 Å². The van der Waals surface area contributed by atoms with Gasteiger partial charge in [0.05, 0.1) is 0 Å². The largest absolute Gasteiger partial charge is 0.356 e. The lowest BCUT2D eigenvalue weighted by Crippen LogP contribution is -2.35. The molecule has 3 heteroatoms. The summed E-state index contributed by atoms with van der Waals surface area (Å²) in [6.45, 7) is 3.54. The van der Waals surface area contributed by atoms with Gasteiger partial charge in [0.1, 0.15) is 0 Å². The summed E-state index contributed by atoms with van der Waals surface area (Å²) >= 11 is 0. The molecule has 0 radical (unpaired) electrons. The van der Waals surface area contributed by atoms with E-state index in [1.165, 1.54) is 19.3 Å². The minimum atomic E-state index is 0.124. The van der Waals surface area contributed by atoms with Gasteiger partial charge in [0.15, 0.2) is 0 Å². The van der Waals surface area contributed by atoms with Crippen molar-refractivity contribution < 1.29 is 4.79 Å². The van der Waals surface area contributed by atoms with Gasteiger partial charge in [-0.3, -0.25) is 4.79 Å². The number of nitrogens with two attached hydrogens (primary N) is 1. The molecule has 1 amide bonds. The zero-order chi connectivity index (χ0) is 10.4. The van der Waals surface area contributed by atoms with Crippen LogP contribution in [-0.2, 0) is 4.79 Å². The first kappa shape index (κ1) is 11.5. The average Bonchev–Trinajstić information content (AvgIpc) is 2.11. The fraction of sp³-hybridized carbons (Fsp3) is 0.909. The summed E-state index contributed by atoms with van der Waals surface area (Å²) in [5.74, 6) is 1.07. The smallest absolute Gasteiger partial charge is 0.222 e. The minimum absolute atomic E-state index is 0.124. The van der Waals surface area contributed by atoms with Crippen LogP contribution >= 0.6 is 0 Å². The van der Waals surface area contributed by atoms with Crippen LogP contribution in [0.25, 0.3) is 0 Å². The van der Waals surface area contributed by atoms with E-state index in [9.17, 15) is 4.79 Å². The van der Waals surface area contributed by atoms with Crippen molar-refractivity contribution in [2.45, 2.75) is 39.0 Å². The van der Waals surface area contributed by atoms with Crippen LogP contribution in [0.5, 0.6) is 0 Å². The molecule has 82 valence electrons. The van der Waals surface area contributed by atoms with Gasteiger partial charge in [-0.25, -0.2) is 0 Å². The lowest BCUT2D eigenvalue weighted by Gasteiger charge is -2.26. The van der Waals surface area contributed by atoms with Crippen molar-refractivity contribution in [2.24, 2.45) is 17.6 Å². The second kappa shape index (κ2) is 6.02. The van der Waals surface area contributed by atoms with E-state index in [4.69, 9.17) is 5.73 Å². The number of nitrogens with one attached hydrogen (secondary N) is 1. The molecule has 1 saturated carbocycles. The molecule has 1 fully saturated rings. The van der Waals surface area contributed by atoms with Crippen LogP contribution in [-0.4, -0.2) is 19.0 Å². The number of carbonyl (C=O) groups excluding carboxylic acids is 1. The van der Waals surface area contributed by atoms with Crippen molar-refractivity contribution in [3.8, 4) is 0 Å². The van der Waals surface area contributed by atoms with E-state index < -0.39 is 0 Å². The van der Waals surface area contributed by atoms with Crippen LogP contribution in [0.15, 0.2) is 0 Å². The van der Waals surface area contributed by atoms with Crippen molar-refractivity contribution in [1.82, 2.24) is 5.32 Å². The van der Waals surface area contributed by atoms with Crippen LogP contribution in [0.1, 0.15) is 39.0 Å². The van der Waals surface area contributed by atoms with Gasteiger partial charge < -0.3 is 11.1 Å². The van der Waals surface area contributed by atoms with Gasteiger partial charge in [0, 0.05) is 12.5 Å². The highest BCUT2D eigenvalue weighted by Crippen LogP contribution is 2.25. The minimum Gasteiger partial charge on any atom is -0.356 e. The van der Waals surface area contributed by atoms with Gasteiger partial charge in [0.25, 0.3) is 0 Å². The highest BCUT2D eigenvalue weighted by molar-refractivity contribution is 5.78. The molecule has 0 aromatic heterocycles. The van der Waals surface area contributed by atoms with E-state index in [1.54, 1.807) is 0 Å². The normalized spacial score (nSPS) is 18.7. The van der Waals surface area contributed by atoms with Crippen LogP contribution < -0.4 is 11.1 Å². The predicted molar refractivity (Wildman–Crippen MR) is 57.8 cm³/mol. The third-order valence-electron chi connectivity index (χ3n) is 3.08. The Hall–Kier alpha value is -0.570. The van der Waals surface area contributed by atoms with Gasteiger partial charge in [-0.05, 0) is 38.1 Å². The maximum atomic E-state index is 11.5. The Balaban J connectivity index is 2.06. The van der Waals surface area contributed by atoms with Crippen LogP contribution in [0.2, 0.25) is 0 Å². The maximum absolute atomic E-state index is 11.5. The summed E-state index contributed by atoms with van der Waals surface area (Å²) in [7, 11) is 0. The highest BCUT2D eigenvalue weighted by Gasteiger charge is 2.19. The van der Waals surface area contributed by atoms with E-state index in [0.717, 1.165) is 25.3 Å². The monoisotopic (exact) mass is 198 g/mol. The van der Waals surface area contributed by atoms with Gasteiger partial charge >= 0.3 is 0 Å². The van der Waals surface area contributed by atoms with E-state index in [-0.39, 0.29) is 11.8 Å². The van der Waals surface area contributed by atoms with E-state index in [1.807, 2.05) is 6.92 Å². The Morgan fingerprint density at radius 2 is 2.29 bits per heavy atom. The van der Waals surface area contributed by atoms with Crippen LogP contribution in [0.3, 0.4) is 0 Å². The van der Waals surface area contributed by atoms with Crippen molar-refractivity contribution in [3.05, 3.63) is 0 Å². The Labute approximate surface area is 86.4 Å². The molecular formula is C11H22N2O. The van der Waals surface area contributed by atoms with Crippen molar-refractivity contribution >= 4 is 5.91 Å². The molecule has 1 aliphatic rings. The third kappa shape index (κ3) is 3.66. The zero-order valence-corrected chi connectivity index (χ0v) is 9.09. The van der Waals surface area contributed by atoms with Crippen molar-refractivity contribution in [1.29, 1.82) is 0 Å². The summed E-state index contributed by atoms with van der Waals surface area (Å²) < 4.78 is 0. The fourth-order valence-electron chi connectivity index (χ4n) is 1.67. The maximum Gasteiger partial charge on any atom is 0.222 e. The first-order valence-electron chi connectivity index (χ1n) is 5.71. The first-order valence-corrected chi connectivity index (χ1v) is 5.71. The Kier molecular flexibility index (Phi) is 4.94. The van der Waals surface area contributed by atoms with Crippen LogP contribution in [0, 0.1) is 11.8 Å². The summed E-state index contributed by atoms with van der Waals surface area (Å²) in [6, 6.07) is 0. The predicted octanol–water partition coefficient (Wildman–Crippen LogP) is 1.28. The Morgan fingerprint density at radius 3 is 2.79 bits per heavy atom. The fourth-order valence-corrected chi connectivity index (χ4v) is 1.67. The molecule has 0 bridgehead atoms. The highest BCUT2D eigenvalue weighted by atomic mass is 16.1. The van der Waals surface area contributed by atoms with E-state index >= 15 is 0 Å². The van der Waals surface area contributed by atoms with Crippen molar-refractivity contribution in [3.63, 3.8) is 0 Å². The van der Waals surface area contributed by atoms with E-state index in [0.29, 0.717) is 6.54 Å². The third-order valence-corrected chi connectivity index (χ3v) is 3.08. The second-order valence-electron chi connectivity index (χ2n) is 4.37. The molecule has 0 aromatic rings. The second-order valence-corrected chi connectivity index (χ2v) is 4.37. The standard InChI is InChI=1S/C11H22N2O/c1-9(4-3-7-12)11(14)13-8-10-5-2-6-10/h9-10H,2-8,12H2,1H3,(H,13,14).